The van der Waals surface area contributed by atoms with Crippen molar-refractivity contribution in [3.63, 3.8) is 0 Å². The minimum absolute atomic E-state index is 0.218. The van der Waals surface area contributed by atoms with E-state index in [9.17, 15) is 0 Å². The van der Waals surface area contributed by atoms with Crippen LogP contribution in [0.4, 0.5) is 0 Å². The second kappa shape index (κ2) is 9.12. The fourth-order valence-corrected chi connectivity index (χ4v) is 3.02. The van der Waals surface area contributed by atoms with Crippen LogP contribution in [0.3, 0.4) is 0 Å². The standard InChI is InChI=1S/C21H34OSi/c1-7-8-9-13-16-20(22-23(5,6)21(2,3)4)18-17-19-14-11-10-12-15-19/h10-12,14-18H,7-9,13H2,1-6H3/b18-17+,20-16-. The van der Waals surface area contributed by atoms with Gasteiger partial charge in [0, 0.05) is 0 Å². The number of benzene rings is 1. The van der Waals surface area contributed by atoms with Gasteiger partial charge in [-0.25, -0.2) is 0 Å². The van der Waals surface area contributed by atoms with Crippen LogP contribution in [-0.2, 0) is 4.43 Å². The predicted octanol–water partition coefficient (Wildman–Crippen LogP) is 7.19. The molecule has 128 valence electrons. The molecule has 0 atom stereocenters. The summed E-state index contributed by atoms with van der Waals surface area (Å²) in [7, 11) is -1.79. The van der Waals surface area contributed by atoms with Gasteiger partial charge in [0.15, 0.2) is 0 Å². The van der Waals surface area contributed by atoms with Gasteiger partial charge in [0.05, 0.1) is 5.76 Å². The Morgan fingerprint density at radius 2 is 1.74 bits per heavy atom. The fraction of sp³-hybridized carbons (Fsp3) is 0.524. The van der Waals surface area contributed by atoms with Gasteiger partial charge in [-0.2, -0.15) is 0 Å². The number of allylic oxidation sites excluding steroid dienone is 2. The van der Waals surface area contributed by atoms with Crippen molar-refractivity contribution in [2.24, 2.45) is 0 Å². The van der Waals surface area contributed by atoms with E-state index in [-0.39, 0.29) is 5.04 Å². The van der Waals surface area contributed by atoms with Crippen LogP contribution in [-0.4, -0.2) is 8.32 Å². The molecule has 2 heteroatoms. The first kappa shape index (κ1) is 19.8. The SMILES string of the molecule is CCCCC/C=C(/C=C/c1ccccc1)O[Si](C)(C)C(C)(C)C. The van der Waals surface area contributed by atoms with Crippen molar-refractivity contribution in [1.82, 2.24) is 0 Å². The molecule has 1 aromatic carbocycles. The lowest BCUT2D eigenvalue weighted by molar-refractivity contribution is 0.398. The molecule has 0 N–H and O–H groups in total. The van der Waals surface area contributed by atoms with Gasteiger partial charge in [0.2, 0.25) is 8.32 Å². The Morgan fingerprint density at radius 1 is 1.09 bits per heavy atom. The third-order valence-electron chi connectivity index (χ3n) is 4.57. The van der Waals surface area contributed by atoms with Crippen molar-refractivity contribution in [2.45, 2.75) is 71.5 Å². The van der Waals surface area contributed by atoms with Crippen molar-refractivity contribution in [2.75, 3.05) is 0 Å². The average Bonchev–Trinajstić information content (AvgIpc) is 2.48. The molecule has 0 unspecified atom stereocenters. The Balaban J connectivity index is 2.87. The monoisotopic (exact) mass is 330 g/mol. The van der Waals surface area contributed by atoms with Crippen LogP contribution in [0, 0.1) is 0 Å². The highest BCUT2D eigenvalue weighted by molar-refractivity contribution is 6.74. The third kappa shape index (κ3) is 7.21. The van der Waals surface area contributed by atoms with E-state index >= 15 is 0 Å². The summed E-state index contributed by atoms with van der Waals surface area (Å²) in [6.07, 6.45) is 11.4. The Labute approximate surface area is 144 Å². The molecule has 0 aliphatic carbocycles. The van der Waals surface area contributed by atoms with Crippen molar-refractivity contribution >= 4 is 14.4 Å². The topological polar surface area (TPSA) is 9.23 Å². The molecule has 0 fully saturated rings. The van der Waals surface area contributed by atoms with E-state index in [4.69, 9.17) is 4.43 Å². The zero-order valence-electron chi connectivity index (χ0n) is 15.9. The predicted molar refractivity (Wildman–Crippen MR) is 106 cm³/mol. The van der Waals surface area contributed by atoms with E-state index in [0.717, 1.165) is 12.2 Å². The van der Waals surface area contributed by atoms with Gasteiger partial charge in [-0.1, -0.05) is 76.9 Å². The molecule has 23 heavy (non-hydrogen) atoms. The molecule has 0 aromatic heterocycles. The second-order valence-electron chi connectivity index (χ2n) is 7.71. The van der Waals surface area contributed by atoms with Crippen LogP contribution in [0.2, 0.25) is 18.1 Å². The summed E-state index contributed by atoms with van der Waals surface area (Å²) in [5, 5.41) is 0.218. The first-order valence-electron chi connectivity index (χ1n) is 8.88. The summed E-state index contributed by atoms with van der Waals surface area (Å²) in [5.41, 5.74) is 1.21. The van der Waals surface area contributed by atoms with Crippen LogP contribution >= 0.6 is 0 Å². The van der Waals surface area contributed by atoms with Crippen molar-refractivity contribution in [3.05, 3.63) is 53.8 Å². The maximum absolute atomic E-state index is 6.52. The second-order valence-corrected chi connectivity index (χ2v) is 12.4. The highest BCUT2D eigenvalue weighted by atomic mass is 28.4. The minimum atomic E-state index is -1.79. The third-order valence-corrected chi connectivity index (χ3v) is 8.93. The highest BCUT2D eigenvalue weighted by Gasteiger charge is 2.39. The van der Waals surface area contributed by atoms with Gasteiger partial charge in [0.1, 0.15) is 0 Å². The van der Waals surface area contributed by atoms with Crippen LogP contribution < -0.4 is 0 Å². The molecule has 0 aliphatic rings. The van der Waals surface area contributed by atoms with Crippen LogP contribution in [0.5, 0.6) is 0 Å². The first-order valence-corrected chi connectivity index (χ1v) is 11.8. The normalized spacial score (nSPS) is 13.6. The van der Waals surface area contributed by atoms with E-state index in [1.54, 1.807) is 0 Å². The fourth-order valence-electron chi connectivity index (χ4n) is 1.97. The molecular formula is C21H34OSi. The number of rotatable bonds is 8. The summed E-state index contributed by atoms with van der Waals surface area (Å²) in [6, 6.07) is 10.4. The smallest absolute Gasteiger partial charge is 0.250 e. The highest BCUT2D eigenvalue weighted by Crippen LogP contribution is 2.38. The summed E-state index contributed by atoms with van der Waals surface area (Å²) < 4.78 is 6.52. The quantitative estimate of drug-likeness (QED) is 0.212. The van der Waals surface area contributed by atoms with Crippen LogP contribution in [0.1, 0.15) is 58.9 Å². The molecule has 0 saturated carbocycles. The summed E-state index contributed by atoms with van der Waals surface area (Å²) in [4.78, 5) is 0. The van der Waals surface area contributed by atoms with Crippen molar-refractivity contribution in [1.29, 1.82) is 0 Å². The Morgan fingerprint density at radius 3 is 2.30 bits per heavy atom. The van der Waals surface area contributed by atoms with Gasteiger partial charge in [-0.3, -0.25) is 0 Å². The molecule has 0 amide bonds. The van der Waals surface area contributed by atoms with Crippen molar-refractivity contribution < 1.29 is 4.43 Å². The average molecular weight is 331 g/mol. The van der Waals surface area contributed by atoms with Crippen LogP contribution in [0.15, 0.2) is 48.2 Å². The van der Waals surface area contributed by atoms with E-state index < -0.39 is 8.32 Å². The molecule has 1 aromatic rings. The first-order chi connectivity index (χ1) is 10.8. The number of unbranched alkanes of at least 4 members (excludes halogenated alkanes) is 3. The molecule has 0 radical (unpaired) electrons. The molecule has 1 rings (SSSR count). The zero-order chi connectivity index (χ0) is 17.3. The van der Waals surface area contributed by atoms with E-state index in [2.05, 4.69) is 83.3 Å². The van der Waals surface area contributed by atoms with Gasteiger partial charge in [-0.15, -0.1) is 0 Å². The Bertz CT molecular complexity index is 506. The zero-order valence-corrected chi connectivity index (χ0v) is 16.9. The molecule has 1 nitrogen and oxygen atoms in total. The largest absolute Gasteiger partial charge is 0.544 e. The number of hydrogen-bond acceptors (Lipinski definition) is 1. The Hall–Kier alpha value is -1.28. The van der Waals surface area contributed by atoms with Gasteiger partial charge >= 0.3 is 0 Å². The van der Waals surface area contributed by atoms with Crippen LogP contribution in [0.25, 0.3) is 6.08 Å². The van der Waals surface area contributed by atoms with Gasteiger partial charge < -0.3 is 4.43 Å². The van der Waals surface area contributed by atoms with Gasteiger partial charge in [0.25, 0.3) is 0 Å². The lowest BCUT2D eigenvalue weighted by atomic mass is 10.1. The summed E-state index contributed by atoms with van der Waals surface area (Å²) in [5.74, 6) is 1.04. The van der Waals surface area contributed by atoms with Crippen molar-refractivity contribution in [3.8, 4) is 0 Å². The maximum atomic E-state index is 6.52. The van der Waals surface area contributed by atoms with Gasteiger partial charge in [-0.05, 0) is 48.7 Å². The maximum Gasteiger partial charge on any atom is 0.250 e. The van der Waals surface area contributed by atoms with E-state index in [1.165, 1.54) is 24.8 Å². The molecular weight excluding hydrogens is 296 g/mol. The molecule has 0 bridgehead atoms. The van der Waals surface area contributed by atoms with E-state index in [0.29, 0.717) is 0 Å². The lowest BCUT2D eigenvalue weighted by Gasteiger charge is -2.36. The molecule has 0 heterocycles. The minimum Gasteiger partial charge on any atom is -0.544 e. The number of hydrogen-bond donors (Lipinski definition) is 0. The molecule has 0 aliphatic heterocycles. The summed E-state index contributed by atoms with van der Waals surface area (Å²) >= 11 is 0. The lowest BCUT2D eigenvalue weighted by Crippen LogP contribution is -2.40. The molecule has 0 spiro atoms. The Kier molecular flexibility index (Phi) is 7.84. The van der Waals surface area contributed by atoms with E-state index in [1.807, 2.05) is 6.07 Å². The molecule has 0 saturated heterocycles. The summed E-state index contributed by atoms with van der Waals surface area (Å²) in [6.45, 7) is 13.7.